The number of hydrogen-bond donors (Lipinski definition) is 1. The molecule has 0 saturated heterocycles. The summed E-state index contributed by atoms with van der Waals surface area (Å²) in [6, 6.07) is 0. The minimum Gasteiger partial charge on any atom is -0.243 e. The predicted molar refractivity (Wildman–Crippen MR) is 26.9 cm³/mol. The quantitative estimate of drug-likeness (QED) is 0.480. The van der Waals surface area contributed by atoms with Crippen molar-refractivity contribution in [1.82, 2.24) is 0 Å². The molecule has 0 aliphatic heterocycles. The molecule has 1 rings (SSSR count). The van der Waals surface area contributed by atoms with Crippen LogP contribution in [0.2, 0.25) is 0 Å². The Bertz CT molecular complexity index is 58.6. The second-order valence-corrected chi connectivity index (χ2v) is 2.13. The van der Waals surface area contributed by atoms with Gasteiger partial charge in [-0.15, -0.1) is 0 Å². The Morgan fingerprint density at radius 3 is 2.17 bits per heavy atom. The summed E-state index contributed by atoms with van der Waals surface area (Å²) in [6.45, 7) is 0. The molecule has 0 bridgehead atoms. The summed E-state index contributed by atoms with van der Waals surface area (Å²) in [5.74, 6) is 0.410. The minimum absolute atomic E-state index is 0.410. The van der Waals surface area contributed by atoms with Gasteiger partial charge in [-0.2, -0.15) is 12.6 Å². The van der Waals surface area contributed by atoms with Gasteiger partial charge in [0.2, 0.25) is 0 Å². The number of hydrogen-bond acceptors (Lipinski definition) is 1. The van der Waals surface area contributed by atoms with Crippen molar-refractivity contribution >= 4 is 12.6 Å². The molecule has 1 aliphatic rings. The maximum Gasteiger partial charge on any atom is 0.120 e. The van der Waals surface area contributed by atoms with E-state index in [1.54, 1.807) is 0 Å². The number of thiol groups is 1. The van der Waals surface area contributed by atoms with E-state index in [0.29, 0.717) is 5.75 Å². The standard InChI is InChI=1S/C4H7FS/c5-4(3-6)1-2-4/h6H,1-3H2. The van der Waals surface area contributed by atoms with Crippen LogP contribution in [0.1, 0.15) is 12.8 Å². The molecule has 0 aromatic rings. The summed E-state index contributed by atoms with van der Waals surface area (Å²) in [5, 5.41) is 0. The van der Waals surface area contributed by atoms with E-state index in [2.05, 4.69) is 12.6 Å². The number of rotatable bonds is 1. The third kappa shape index (κ3) is 0.672. The Labute approximate surface area is 42.1 Å². The molecular formula is C4H7FS. The lowest BCUT2D eigenvalue weighted by atomic mass is 10.5. The number of alkyl halides is 1. The molecule has 0 radical (unpaired) electrons. The molecule has 0 atom stereocenters. The zero-order valence-corrected chi connectivity index (χ0v) is 4.34. The first-order valence-electron chi connectivity index (χ1n) is 2.07. The summed E-state index contributed by atoms with van der Waals surface area (Å²) in [7, 11) is 0. The molecule has 1 saturated carbocycles. The van der Waals surface area contributed by atoms with Crippen LogP contribution in [0.15, 0.2) is 0 Å². The van der Waals surface area contributed by atoms with Crippen molar-refractivity contribution in [2.75, 3.05) is 5.75 Å². The Kier molecular flexibility index (Phi) is 0.831. The molecule has 0 spiro atoms. The Morgan fingerprint density at radius 1 is 1.67 bits per heavy atom. The largest absolute Gasteiger partial charge is 0.243 e. The van der Waals surface area contributed by atoms with E-state index < -0.39 is 5.67 Å². The highest BCUT2D eigenvalue weighted by atomic mass is 32.1. The molecule has 0 amide bonds. The maximum absolute atomic E-state index is 12.2. The molecule has 0 unspecified atom stereocenters. The van der Waals surface area contributed by atoms with E-state index in [0.717, 1.165) is 12.8 Å². The van der Waals surface area contributed by atoms with Crippen molar-refractivity contribution in [1.29, 1.82) is 0 Å². The molecule has 2 heteroatoms. The SMILES string of the molecule is FC1(CS)CC1. The van der Waals surface area contributed by atoms with Gasteiger partial charge in [-0.1, -0.05) is 0 Å². The van der Waals surface area contributed by atoms with Crippen LogP contribution in [0.3, 0.4) is 0 Å². The molecule has 1 fully saturated rings. The summed E-state index contributed by atoms with van der Waals surface area (Å²) in [4.78, 5) is 0. The van der Waals surface area contributed by atoms with Gasteiger partial charge in [0.15, 0.2) is 0 Å². The van der Waals surface area contributed by atoms with Crippen molar-refractivity contribution in [2.45, 2.75) is 18.5 Å². The molecule has 0 N–H and O–H groups in total. The first kappa shape index (κ1) is 4.44. The van der Waals surface area contributed by atoms with Gasteiger partial charge in [0.05, 0.1) is 0 Å². The number of halogens is 1. The van der Waals surface area contributed by atoms with Crippen LogP contribution < -0.4 is 0 Å². The van der Waals surface area contributed by atoms with E-state index in [1.165, 1.54) is 0 Å². The van der Waals surface area contributed by atoms with Gasteiger partial charge in [-0.05, 0) is 12.8 Å². The lowest BCUT2D eigenvalue weighted by molar-refractivity contribution is 0.347. The van der Waals surface area contributed by atoms with Crippen LogP contribution >= 0.6 is 12.6 Å². The average Bonchev–Trinajstić information content (AvgIpc) is 2.22. The normalized spacial score (nSPS) is 27.0. The fourth-order valence-electron chi connectivity index (χ4n) is 0.294. The monoisotopic (exact) mass is 106 g/mol. The molecule has 0 nitrogen and oxygen atoms in total. The van der Waals surface area contributed by atoms with Crippen molar-refractivity contribution in [3.05, 3.63) is 0 Å². The van der Waals surface area contributed by atoms with Gasteiger partial charge >= 0.3 is 0 Å². The van der Waals surface area contributed by atoms with Gasteiger partial charge < -0.3 is 0 Å². The van der Waals surface area contributed by atoms with E-state index in [1.807, 2.05) is 0 Å². The fraction of sp³-hybridized carbons (Fsp3) is 1.00. The maximum atomic E-state index is 12.2. The third-order valence-corrected chi connectivity index (χ3v) is 1.64. The Morgan fingerprint density at radius 2 is 2.17 bits per heavy atom. The van der Waals surface area contributed by atoms with Crippen LogP contribution in [0.25, 0.3) is 0 Å². The van der Waals surface area contributed by atoms with Crippen molar-refractivity contribution in [2.24, 2.45) is 0 Å². The Balaban J connectivity index is 2.28. The van der Waals surface area contributed by atoms with Crippen LogP contribution in [-0.2, 0) is 0 Å². The molecule has 0 heterocycles. The van der Waals surface area contributed by atoms with Gasteiger partial charge in [-0.3, -0.25) is 0 Å². The summed E-state index contributed by atoms with van der Waals surface area (Å²) in [5.41, 5.74) is -0.844. The second kappa shape index (κ2) is 1.12. The third-order valence-electron chi connectivity index (χ3n) is 1.08. The van der Waals surface area contributed by atoms with Crippen LogP contribution in [0.4, 0.5) is 4.39 Å². The van der Waals surface area contributed by atoms with Gasteiger partial charge in [0, 0.05) is 5.75 Å². The Hall–Kier alpha value is 0.280. The summed E-state index contributed by atoms with van der Waals surface area (Å²) < 4.78 is 12.2. The zero-order chi connectivity index (χ0) is 4.62. The highest BCUT2D eigenvalue weighted by Crippen LogP contribution is 2.40. The van der Waals surface area contributed by atoms with Gasteiger partial charge in [0.25, 0.3) is 0 Å². The minimum atomic E-state index is -0.844. The second-order valence-electron chi connectivity index (χ2n) is 1.81. The summed E-state index contributed by atoms with van der Waals surface area (Å²) in [6.07, 6.45) is 1.47. The first-order chi connectivity index (χ1) is 2.77. The van der Waals surface area contributed by atoms with Crippen molar-refractivity contribution < 1.29 is 4.39 Å². The van der Waals surface area contributed by atoms with Crippen LogP contribution in [-0.4, -0.2) is 11.4 Å². The molecule has 0 aromatic heterocycles. The highest BCUT2D eigenvalue weighted by Gasteiger charge is 2.41. The van der Waals surface area contributed by atoms with Crippen molar-refractivity contribution in [3.8, 4) is 0 Å². The smallest absolute Gasteiger partial charge is 0.120 e. The molecule has 1 aliphatic carbocycles. The fourth-order valence-corrected chi connectivity index (χ4v) is 0.610. The van der Waals surface area contributed by atoms with E-state index in [-0.39, 0.29) is 0 Å². The zero-order valence-electron chi connectivity index (χ0n) is 3.45. The lowest BCUT2D eigenvalue weighted by Crippen LogP contribution is -1.98. The molecule has 36 valence electrons. The predicted octanol–water partition coefficient (Wildman–Crippen LogP) is 1.42. The molecule has 0 aromatic carbocycles. The lowest BCUT2D eigenvalue weighted by Gasteiger charge is -1.91. The average molecular weight is 106 g/mol. The first-order valence-corrected chi connectivity index (χ1v) is 2.70. The molecule has 6 heavy (non-hydrogen) atoms. The summed E-state index contributed by atoms with van der Waals surface area (Å²) >= 11 is 3.79. The van der Waals surface area contributed by atoms with Crippen LogP contribution in [0, 0.1) is 0 Å². The van der Waals surface area contributed by atoms with E-state index >= 15 is 0 Å². The topological polar surface area (TPSA) is 0 Å². The van der Waals surface area contributed by atoms with Crippen molar-refractivity contribution in [3.63, 3.8) is 0 Å². The van der Waals surface area contributed by atoms with E-state index in [9.17, 15) is 4.39 Å². The van der Waals surface area contributed by atoms with Crippen LogP contribution in [0.5, 0.6) is 0 Å². The van der Waals surface area contributed by atoms with Gasteiger partial charge in [0.1, 0.15) is 5.67 Å². The molecular weight excluding hydrogens is 99.1 g/mol. The highest BCUT2D eigenvalue weighted by molar-refractivity contribution is 7.80. The van der Waals surface area contributed by atoms with Gasteiger partial charge in [-0.25, -0.2) is 4.39 Å². The van der Waals surface area contributed by atoms with E-state index in [4.69, 9.17) is 0 Å².